The number of hydrogen-bond donors (Lipinski definition) is 2. The van der Waals surface area contributed by atoms with Crippen molar-refractivity contribution in [3.05, 3.63) is 36.0 Å². The number of aryl methyl sites for hydroxylation is 1. The monoisotopic (exact) mass is 260 g/mol. The minimum absolute atomic E-state index is 0.147. The molecule has 0 bridgehead atoms. The van der Waals surface area contributed by atoms with E-state index in [1.165, 1.54) is 0 Å². The van der Waals surface area contributed by atoms with Gasteiger partial charge in [0.1, 0.15) is 12.1 Å². The van der Waals surface area contributed by atoms with Crippen LogP contribution in [0, 0.1) is 0 Å². The second kappa shape index (κ2) is 5.94. The van der Waals surface area contributed by atoms with Crippen LogP contribution in [0.3, 0.4) is 0 Å². The zero-order chi connectivity index (χ0) is 13.7. The van der Waals surface area contributed by atoms with Gasteiger partial charge in [-0.2, -0.15) is 5.10 Å². The molecule has 2 N–H and O–H groups in total. The highest BCUT2D eigenvalue weighted by Crippen LogP contribution is 2.03. The number of amides is 1. The number of carbonyl (C=O) groups excluding carboxylic acids is 1. The van der Waals surface area contributed by atoms with Crippen LogP contribution >= 0.6 is 0 Å². The quantitative estimate of drug-likeness (QED) is 0.803. The number of rotatable bonds is 5. The van der Waals surface area contributed by atoms with E-state index in [0.29, 0.717) is 24.4 Å². The Morgan fingerprint density at radius 2 is 2.21 bits per heavy atom. The summed E-state index contributed by atoms with van der Waals surface area (Å²) in [4.78, 5) is 20.0. The molecular weight excluding hydrogens is 244 g/mol. The first-order valence-corrected chi connectivity index (χ1v) is 5.95. The van der Waals surface area contributed by atoms with Crippen LogP contribution in [-0.2, 0) is 13.5 Å². The van der Waals surface area contributed by atoms with E-state index >= 15 is 0 Å². The molecular formula is C12H16N6O. The maximum absolute atomic E-state index is 11.8. The smallest absolute Gasteiger partial charge is 0.252 e. The van der Waals surface area contributed by atoms with Crippen molar-refractivity contribution in [1.82, 2.24) is 25.1 Å². The van der Waals surface area contributed by atoms with Crippen LogP contribution in [0.4, 0.5) is 5.82 Å². The zero-order valence-electron chi connectivity index (χ0n) is 10.9. The number of pyridine rings is 1. The molecule has 0 aliphatic rings. The Bertz CT molecular complexity index is 548. The van der Waals surface area contributed by atoms with Crippen LogP contribution in [0.1, 0.15) is 16.2 Å². The molecule has 2 aromatic rings. The first-order chi connectivity index (χ1) is 9.19. The van der Waals surface area contributed by atoms with Gasteiger partial charge in [0.2, 0.25) is 0 Å². The van der Waals surface area contributed by atoms with E-state index in [9.17, 15) is 4.79 Å². The molecule has 1 amide bonds. The molecule has 0 saturated carbocycles. The second-order valence-corrected chi connectivity index (χ2v) is 4.02. The number of nitrogens with zero attached hydrogens (tertiary/aromatic N) is 4. The van der Waals surface area contributed by atoms with Crippen LogP contribution in [-0.4, -0.2) is 39.2 Å². The van der Waals surface area contributed by atoms with Crippen molar-refractivity contribution in [2.45, 2.75) is 6.42 Å². The van der Waals surface area contributed by atoms with Gasteiger partial charge in [0.25, 0.3) is 5.91 Å². The standard InChI is InChI=1S/C12H16N6O/c1-13-10-4-3-9(7-15-10)12(19)14-6-5-11-16-8-18(2)17-11/h3-4,7-8H,5-6H2,1-2H3,(H,13,15)(H,14,19). The van der Waals surface area contributed by atoms with Crippen molar-refractivity contribution < 1.29 is 4.79 Å². The Morgan fingerprint density at radius 3 is 2.79 bits per heavy atom. The number of anilines is 1. The van der Waals surface area contributed by atoms with E-state index in [-0.39, 0.29) is 5.91 Å². The van der Waals surface area contributed by atoms with E-state index in [1.54, 1.807) is 36.4 Å². The molecule has 2 heterocycles. The van der Waals surface area contributed by atoms with Gasteiger partial charge in [-0.1, -0.05) is 0 Å². The largest absolute Gasteiger partial charge is 0.373 e. The Morgan fingerprint density at radius 1 is 1.37 bits per heavy atom. The van der Waals surface area contributed by atoms with Gasteiger partial charge in [-0.3, -0.25) is 9.48 Å². The van der Waals surface area contributed by atoms with Gasteiger partial charge in [0.05, 0.1) is 5.56 Å². The average Bonchev–Trinajstić information content (AvgIpc) is 2.84. The molecule has 7 nitrogen and oxygen atoms in total. The summed E-state index contributed by atoms with van der Waals surface area (Å²) in [7, 11) is 3.59. The molecule has 7 heteroatoms. The Kier molecular flexibility index (Phi) is 4.07. The van der Waals surface area contributed by atoms with Crippen LogP contribution in [0.15, 0.2) is 24.7 Å². The minimum atomic E-state index is -0.147. The van der Waals surface area contributed by atoms with Gasteiger partial charge in [-0.05, 0) is 12.1 Å². The van der Waals surface area contributed by atoms with Gasteiger partial charge in [0, 0.05) is 33.3 Å². The van der Waals surface area contributed by atoms with E-state index in [2.05, 4.69) is 25.7 Å². The lowest BCUT2D eigenvalue weighted by atomic mass is 10.2. The SMILES string of the molecule is CNc1ccc(C(=O)NCCc2ncn(C)n2)cn1. The summed E-state index contributed by atoms with van der Waals surface area (Å²) in [5.41, 5.74) is 0.535. The first kappa shape index (κ1) is 13.0. The highest BCUT2D eigenvalue weighted by Gasteiger charge is 2.06. The van der Waals surface area contributed by atoms with Crippen molar-refractivity contribution in [1.29, 1.82) is 0 Å². The lowest BCUT2D eigenvalue weighted by molar-refractivity contribution is 0.0953. The molecule has 0 aliphatic carbocycles. The Hall–Kier alpha value is -2.44. The zero-order valence-corrected chi connectivity index (χ0v) is 10.9. The third-order valence-electron chi connectivity index (χ3n) is 2.56. The molecule has 19 heavy (non-hydrogen) atoms. The molecule has 2 aromatic heterocycles. The lowest BCUT2D eigenvalue weighted by Crippen LogP contribution is -2.26. The van der Waals surface area contributed by atoms with Gasteiger partial charge in [-0.25, -0.2) is 9.97 Å². The molecule has 0 radical (unpaired) electrons. The van der Waals surface area contributed by atoms with Crippen molar-refractivity contribution in [2.24, 2.45) is 7.05 Å². The fourth-order valence-electron chi connectivity index (χ4n) is 1.56. The van der Waals surface area contributed by atoms with Crippen LogP contribution in [0.25, 0.3) is 0 Å². The molecule has 0 spiro atoms. The summed E-state index contributed by atoms with van der Waals surface area (Å²) in [6.07, 6.45) is 3.78. The van der Waals surface area contributed by atoms with E-state index in [0.717, 1.165) is 5.82 Å². The van der Waals surface area contributed by atoms with E-state index in [1.807, 2.05) is 7.05 Å². The maximum atomic E-state index is 11.8. The van der Waals surface area contributed by atoms with E-state index in [4.69, 9.17) is 0 Å². The number of hydrogen-bond acceptors (Lipinski definition) is 5. The molecule has 0 fully saturated rings. The molecule has 2 rings (SSSR count). The number of nitrogens with one attached hydrogen (secondary N) is 2. The second-order valence-electron chi connectivity index (χ2n) is 4.02. The normalized spacial score (nSPS) is 10.2. The first-order valence-electron chi connectivity index (χ1n) is 5.95. The summed E-state index contributed by atoms with van der Waals surface area (Å²) >= 11 is 0. The van der Waals surface area contributed by atoms with Gasteiger partial charge < -0.3 is 10.6 Å². The summed E-state index contributed by atoms with van der Waals surface area (Å²) in [5, 5.41) is 9.84. The predicted molar refractivity (Wildman–Crippen MR) is 70.8 cm³/mol. The molecule has 0 atom stereocenters. The van der Waals surface area contributed by atoms with Crippen molar-refractivity contribution in [2.75, 3.05) is 18.9 Å². The summed E-state index contributed by atoms with van der Waals surface area (Å²) in [5.74, 6) is 1.30. The Balaban J connectivity index is 1.83. The molecule has 0 aliphatic heterocycles. The summed E-state index contributed by atoms with van der Waals surface area (Å²) < 4.78 is 1.64. The highest BCUT2D eigenvalue weighted by molar-refractivity contribution is 5.94. The fraction of sp³-hybridized carbons (Fsp3) is 0.333. The van der Waals surface area contributed by atoms with Crippen molar-refractivity contribution in [3.63, 3.8) is 0 Å². The number of aromatic nitrogens is 4. The van der Waals surface area contributed by atoms with Crippen LogP contribution in [0.2, 0.25) is 0 Å². The Labute approximate surface area is 111 Å². The van der Waals surface area contributed by atoms with Gasteiger partial charge >= 0.3 is 0 Å². The molecule has 0 saturated heterocycles. The van der Waals surface area contributed by atoms with Gasteiger partial charge in [0.15, 0.2) is 5.82 Å². The molecule has 100 valence electrons. The van der Waals surface area contributed by atoms with Crippen LogP contribution < -0.4 is 10.6 Å². The fourth-order valence-corrected chi connectivity index (χ4v) is 1.56. The predicted octanol–water partition coefficient (Wildman–Crippen LogP) is 0.224. The minimum Gasteiger partial charge on any atom is -0.373 e. The maximum Gasteiger partial charge on any atom is 0.252 e. The van der Waals surface area contributed by atoms with Crippen molar-refractivity contribution in [3.8, 4) is 0 Å². The topological polar surface area (TPSA) is 84.7 Å². The van der Waals surface area contributed by atoms with Crippen LogP contribution in [0.5, 0.6) is 0 Å². The van der Waals surface area contributed by atoms with Gasteiger partial charge in [-0.15, -0.1) is 0 Å². The summed E-state index contributed by atoms with van der Waals surface area (Å²) in [6, 6.07) is 3.49. The number of carbonyl (C=O) groups is 1. The average molecular weight is 260 g/mol. The molecule has 0 unspecified atom stereocenters. The van der Waals surface area contributed by atoms with Crippen molar-refractivity contribution >= 4 is 11.7 Å². The van der Waals surface area contributed by atoms with E-state index < -0.39 is 0 Å². The highest BCUT2D eigenvalue weighted by atomic mass is 16.1. The summed E-state index contributed by atoms with van der Waals surface area (Å²) in [6.45, 7) is 0.497. The third-order valence-corrected chi connectivity index (χ3v) is 2.56. The molecule has 0 aromatic carbocycles. The lowest BCUT2D eigenvalue weighted by Gasteiger charge is -2.04. The third kappa shape index (κ3) is 3.51.